The standard InChI is InChI=1S/C34H60O17S/c1-32-3-5-33(6-4-32)52(36,37)51-30-29-49-26-25-47-22-21-45-18-17-43-14-13-41-10-9-39-7-8-40-11-12-42-15-16-44-19-20-46-23-24-48-27-28-50-31-34(35)38-2/h3-6H,7-31H2,1-2H3. The van der Waals surface area contributed by atoms with Crippen LogP contribution in [0.2, 0.25) is 0 Å². The third-order valence-electron chi connectivity index (χ3n) is 6.32. The van der Waals surface area contributed by atoms with Crippen LogP contribution in [0.15, 0.2) is 29.2 Å². The molecule has 18 heteroatoms. The zero-order valence-electron chi connectivity index (χ0n) is 30.8. The van der Waals surface area contributed by atoms with Crippen LogP contribution >= 0.6 is 0 Å². The zero-order chi connectivity index (χ0) is 37.6. The molecule has 0 amide bonds. The molecule has 1 aromatic rings. The summed E-state index contributed by atoms with van der Waals surface area (Å²) in [5, 5.41) is 0. The van der Waals surface area contributed by atoms with E-state index in [0.717, 1.165) is 5.56 Å². The number of benzene rings is 1. The Balaban J connectivity index is 1.66. The third kappa shape index (κ3) is 31.6. The minimum absolute atomic E-state index is 0.0652. The Morgan fingerprint density at radius 1 is 0.423 bits per heavy atom. The molecule has 0 bridgehead atoms. The van der Waals surface area contributed by atoms with Crippen LogP contribution in [0.4, 0.5) is 0 Å². The van der Waals surface area contributed by atoms with Crippen LogP contribution in [0, 0.1) is 6.92 Å². The lowest BCUT2D eigenvalue weighted by Crippen LogP contribution is -2.16. The third-order valence-corrected chi connectivity index (χ3v) is 7.64. The number of carbonyl (C=O) groups excluding carboxylic acids is 1. The van der Waals surface area contributed by atoms with Crippen molar-refractivity contribution in [2.75, 3.05) is 172 Å². The van der Waals surface area contributed by atoms with Crippen molar-refractivity contribution in [3.63, 3.8) is 0 Å². The van der Waals surface area contributed by atoms with Crippen LogP contribution < -0.4 is 0 Å². The van der Waals surface area contributed by atoms with E-state index in [4.69, 9.17) is 61.0 Å². The van der Waals surface area contributed by atoms with E-state index in [2.05, 4.69) is 4.74 Å². The summed E-state index contributed by atoms with van der Waals surface area (Å²) in [5.41, 5.74) is 0.971. The zero-order valence-corrected chi connectivity index (χ0v) is 31.7. The van der Waals surface area contributed by atoms with E-state index in [1.807, 2.05) is 6.92 Å². The van der Waals surface area contributed by atoms with Crippen molar-refractivity contribution < 1.29 is 79.0 Å². The fourth-order valence-electron chi connectivity index (χ4n) is 3.61. The van der Waals surface area contributed by atoms with Gasteiger partial charge in [0.25, 0.3) is 10.1 Å². The SMILES string of the molecule is COC(=O)COCCOCCOCCOCCOCCOCCOCCOCCOCCOCCOCCOCCOS(=O)(=O)c1ccc(C)cc1. The summed E-state index contributed by atoms with van der Waals surface area (Å²) < 4.78 is 98.3. The van der Waals surface area contributed by atoms with Gasteiger partial charge in [0.2, 0.25) is 0 Å². The van der Waals surface area contributed by atoms with Gasteiger partial charge in [-0.1, -0.05) is 17.7 Å². The number of carbonyl (C=O) groups is 1. The lowest BCUT2D eigenvalue weighted by atomic mass is 10.2. The van der Waals surface area contributed by atoms with E-state index in [1.54, 1.807) is 12.1 Å². The molecule has 0 aromatic heterocycles. The normalized spacial score (nSPS) is 11.7. The van der Waals surface area contributed by atoms with Gasteiger partial charge in [-0.25, -0.2) is 4.79 Å². The van der Waals surface area contributed by atoms with Crippen LogP contribution in [0.3, 0.4) is 0 Å². The van der Waals surface area contributed by atoms with Gasteiger partial charge in [-0.2, -0.15) is 8.42 Å². The number of hydrogen-bond acceptors (Lipinski definition) is 17. The Hall–Kier alpha value is -1.88. The summed E-state index contributed by atoms with van der Waals surface area (Å²) in [6.07, 6.45) is 0. The van der Waals surface area contributed by atoms with E-state index >= 15 is 0 Å². The van der Waals surface area contributed by atoms with Gasteiger partial charge in [0.1, 0.15) is 6.61 Å². The number of aryl methyl sites for hydroxylation is 1. The van der Waals surface area contributed by atoms with E-state index in [1.165, 1.54) is 19.2 Å². The molecule has 0 aliphatic heterocycles. The molecule has 0 fully saturated rings. The summed E-state index contributed by atoms with van der Waals surface area (Å²) in [5.74, 6) is -0.415. The Bertz CT molecular complexity index is 1030. The quantitative estimate of drug-likeness (QED) is 0.0525. The Kier molecular flexibility index (Phi) is 33.4. The van der Waals surface area contributed by atoms with Gasteiger partial charge in [0.15, 0.2) is 0 Å². The van der Waals surface area contributed by atoms with E-state index < -0.39 is 16.1 Å². The van der Waals surface area contributed by atoms with Gasteiger partial charge >= 0.3 is 5.97 Å². The molecule has 0 aliphatic carbocycles. The van der Waals surface area contributed by atoms with Crippen molar-refractivity contribution in [3.8, 4) is 0 Å². The number of esters is 1. The molecule has 0 atom stereocenters. The molecular weight excluding hydrogens is 712 g/mol. The number of methoxy groups -OCH3 is 1. The Labute approximate surface area is 308 Å². The van der Waals surface area contributed by atoms with E-state index in [9.17, 15) is 13.2 Å². The average molecular weight is 773 g/mol. The first-order chi connectivity index (χ1) is 25.5. The van der Waals surface area contributed by atoms with Gasteiger partial charge in [0, 0.05) is 0 Å². The maximum absolute atomic E-state index is 12.1. The van der Waals surface area contributed by atoms with Crippen molar-refractivity contribution in [3.05, 3.63) is 29.8 Å². The second kappa shape index (κ2) is 36.1. The molecule has 304 valence electrons. The highest BCUT2D eigenvalue weighted by atomic mass is 32.2. The second-order valence-corrected chi connectivity index (χ2v) is 12.1. The Morgan fingerprint density at radius 2 is 0.673 bits per heavy atom. The summed E-state index contributed by atoms with van der Waals surface area (Å²) in [6, 6.07) is 6.47. The molecule has 0 radical (unpaired) electrons. The first-order valence-electron chi connectivity index (χ1n) is 17.4. The highest BCUT2D eigenvalue weighted by molar-refractivity contribution is 7.86. The van der Waals surface area contributed by atoms with Crippen LogP contribution in [0.25, 0.3) is 0 Å². The second-order valence-electron chi connectivity index (χ2n) is 10.5. The van der Waals surface area contributed by atoms with Gasteiger partial charge < -0.3 is 61.6 Å². The van der Waals surface area contributed by atoms with Crippen molar-refractivity contribution >= 4 is 16.1 Å². The molecule has 17 nitrogen and oxygen atoms in total. The van der Waals surface area contributed by atoms with E-state index in [0.29, 0.717) is 145 Å². The first-order valence-corrected chi connectivity index (χ1v) is 18.8. The lowest BCUT2D eigenvalue weighted by molar-refractivity contribution is -0.146. The van der Waals surface area contributed by atoms with Crippen molar-refractivity contribution in [1.82, 2.24) is 0 Å². The summed E-state index contributed by atoms with van der Waals surface area (Å²) in [6.45, 7) is 11.5. The average Bonchev–Trinajstić information content (AvgIpc) is 3.14. The predicted octanol–water partition coefficient (Wildman–Crippen LogP) is 1.07. The monoisotopic (exact) mass is 772 g/mol. The van der Waals surface area contributed by atoms with Crippen LogP contribution in [0.1, 0.15) is 5.56 Å². The fraction of sp³-hybridized carbons (Fsp3) is 0.794. The molecule has 1 aromatic carbocycles. The van der Waals surface area contributed by atoms with Crippen LogP contribution in [-0.2, 0) is 80.7 Å². The smallest absolute Gasteiger partial charge is 0.331 e. The number of hydrogen-bond donors (Lipinski definition) is 0. The van der Waals surface area contributed by atoms with Gasteiger partial charge in [0.05, 0.1) is 171 Å². The van der Waals surface area contributed by atoms with Gasteiger partial charge in [-0.15, -0.1) is 0 Å². The maximum Gasteiger partial charge on any atom is 0.331 e. The lowest BCUT2D eigenvalue weighted by Gasteiger charge is -2.09. The molecular formula is C34H60O17S. The van der Waals surface area contributed by atoms with Crippen LogP contribution in [-0.4, -0.2) is 187 Å². The van der Waals surface area contributed by atoms with Gasteiger partial charge in [-0.3, -0.25) is 4.18 Å². The summed E-state index contributed by atoms with van der Waals surface area (Å²) >= 11 is 0. The molecule has 52 heavy (non-hydrogen) atoms. The minimum Gasteiger partial charge on any atom is -0.467 e. The largest absolute Gasteiger partial charge is 0.467 e. The highest BCUT2D eigenvalue weighted by Gasteiger charge is 2.14. The highest BCUT2D eigenvalue weighted by Crippen LogP contribution is 2.12. The van der Waals surface area contributed by atoms with Crippen molar-refractivity contribution in [1.29, 1.82) is 0 Å². The van der Waals surface area contributed by atoms with Crippen molar-refractivity contribution in [2.45, 2.75) is 11.8 Å². The number of rotatable bonds is 40. The van der Waals surface area contributed by atoms with Crippen molar-refractivity contribution in [2.24, 2.45) is 0 Å². The number of ether oxygens (including phenoxy) is 13. The molecule has 0 unspecified atom stereocenters. The molecule has 0 N–H and O–H groups in total. The minimum atomic E-state index is -3.78. The molecule has 0 saturated heterocycles. The topological polar surface area (TPSA) is 180 Å². The van der Waals surface area contributed by atoms with E-state index in [-0.39, 0.29) is 24.7 Å². The molecule has 0 heterocycles. The summed E-state index contributed by atoms with van der Waals surface area (Å²) in [4.78, 5) is 11.0. The fourth-order valence-corrected chi connectivity index (χ4v) is 4.50. The molecule has 0 saturated carbocycles. The summed E-state index contributed by atoms with van der Waals surface area (Å²) in [7, 11) is -2.47. The molecule has 0 spiro atoms. The van der Waals surface area contributed by atoms with Crippen LogP contribution in [0.5, 0.6) is 0 Å². The maximum atomic E-state index is 12.1. The molecule has 1 rings (SSSR count). The Morgan fingerprint density at radius 3 is 0.942 bits per heavy atom. The van der Waals surface area contributed by atoms with Gasteiger partial charge in [-0.05, 0) is 19.1 Å². The molecule has 0 aliphatic rings. The predicted molar refractivity (Wildman–Crippen MR) is 186 cm³/mol. The first kappa shape index (κ1) is 48.1.